The number of ether oxygens (including phenoxy) is 1. The molecule has 0 radical (unpaired) electrons. The molecule has 82 valence electrons. The second-order valence-corrected chi connectivity index (χ2v) is 3.61. The standard InChI is InChI=1S/C11H14ClNO2/c1-2-9(13)10(14)7-15-11-6-4-3-5-8(11)12/h3-6,9H,2,7,13H2,1H3. The first-order valence-electron chi connectivity index (χ1n) is 4.80. The Morgan fingerprint density at radius 2 is 2.20 bits per heavy atom. The van der Waals surface area contributed by atoms with Gasteiger partial charge in [0.2, 0.25) is 0 Å². The zero-order valence-electron chi connectivity index (χ0n) is 8.57. The second kappa shape index (κ2) is 5.73. The van der Waals surface area contributed by atoms with Gasteiger partial charge in [-0.15, -0.1) is 0 Å². The molecule has 0 heterocycles. The predicted octanol–water partition coefficient (Wildman–Crippen LogP) is 2.03. The van der Waals surface area contributed by atoms with Crippen molar-refractivity contribution in [3.63, 3.8) is 0 Å². The largest absolute Gasteiger partial charge is 0.484 e. The summed E-state index contributed by atoms with van der Waals surface area (Å²) in [6, 6.07) is 6.57. The lowest BCUT2D eigenvalue weighted by molar-refractivity contribution is -0.122. The Morgan fingerprint density at radius 3 is 2.80 bits per heavy atom. The molecule has 0 aliphatic rings. The minimum atomic E-state index is -0.451. The number of hydrogen-bond donors (Lipinski definition) is 1. The first kappa shape index (κ1) is 12.0. The fourth-order valence-electron chi connectivity index (χ4n) is 1.05. The van der Waals surface area contributed by atoms with Crippen LogP contribution in [0.1, 0.15) is 13.3 Å². The lowest BCUT2D eigenvalue weighted by Gasteiger charge is -2.10. The molecule has 0 fully saturated rings. The molecular formula is C11H14ClNO2. The number of para-hydroxylation sites is 1. The second-order valence-electron chi connectivity index (χ2n) is 3.20. The molecule has 0 bridgehead atoms. The third-order valence-corrected chi connectivity index (χ3v) is 2.37. The maximum atomic E-state index is 11.4. The first-order valence-corrected chi connectivity index (χ1v) is 5.18. The van der Waals surface area contributed by atoms with Gasteiger partial charge in [-0.3, -0.25) is 4.79 Å². The summed E-state index contributed by atoms with van der Waals surface area (Å²) in [5.74, 6) is 0.397. The van der Waals surface area contributed by atoms with Crippen LogP contribution in [0.4, 0.5) is 0 Å². The SMILES string of the molecule is CCC(N)C(=O)COc1ccccc1Cl. The van der Waals surface area contributed by atoms with Crippen LogP contribution in [0.5, 0.6) is 5.75 Å². The molecule has 0 spiro atoms. The van der Waals surface area contributed by atoms with Crippen LogP contribution in [-0.4, -0.2) is 18.4 Å². The van der Waals surface area contributed by atoms with E-state index in [0.29, 0.717) is 17.2 Å². The van der Waals surface area contributed by atoms with Crippen molar-refractivity contribution < 1.29 is 9.53 Å². The van der Waals surface area contributed by atoms with Crippen LogP contribution >= 0.6 is 11.6 Å². The zero-order valence-corrected chi connectivity index (χ0v) is 9.33. The van der Waals surface area contributed by atoms with E-state index in [1.807, 2.05) is 6.92 Å². The summed E-state index contributed by atoms with van der Waals surface area (Å²) >= 11 is 5.85. The molecule has 1 atom stereocenters. The Hall–Kier alpha value is -1.06. The molecular weight excluding hydrogens is 214 g/mol. The summed E-state index contributed by atoms with van der Waals surface area (Å²) in [7, 11) is 0. The van der Waals surface area contributed by atoms with Crippen LogP contribution < -0.4 is 10.5 Å². The number of benzene rings is 1. The molecule has 4 heteroatoms. The van der Waals surface area contributed by atoms with E-state index in [2.05, 4.69) is 0 Å². The molecule has 1 unspecified atom stereocenters. The minimum absolute atomic E-state index is 0.0290. The number of carbonyl (C=O) groups is 1. The smallest absolute Gasteiger partial charge is 0.186 e. The predicted molar refractivity (Wildman–Crippen MR) is 60.2 cm³/mol. The van der Waals surface area contributed by atoms with Gasteiger partial charge in [-0.25, -0.2) is 0 Å². The number of nitrogens with two attached hydrogens (primary N) is 1. The van der Waals surface area contributed by atoms with Gasteiger partial charge < -0.3 is 10.5 Å². The van der Waals surface area contributed by atoms with Crippen molar-refractivity contribution in [2.45, 2.75) is 19.4 Å². The van der Waals surface area contributed by atoms with Crippen molar-refractivity contribution in [2.24, 2.45) is 5.73 Å². The molecule has 0 saturated heterocycles. The molecule has 0 aliphatic carbocycles. The molecule has 1 aromatic rings. The van der Waals surface area contributed by atoms with Gasteiger partial charge in [0.15, 0.2) is 5.78 Å². The van der Waals surface area contributed by atoms with Gasteiger partial charge in [0.1, 0.15) is 12.4 Å². The van der Waals surface area contributed by atoms with E-state index in [4.69, 9.17) is 22.1 Å². The highest BCUT2D eigenvalue weighted by atomic mass is 35.5. The van der Waals surface area contributed by atoms with Crippen LogP contribution in [0.3, 0.4) is 0 Å². The summed E-state index contributed by atoms with van der Waals surface area (Å²) in [4.78, 5) is 11.4. The highest BCUT2D eigenvalue weighted by Crippen LogP contribution is 2.22. The molecule has 0 aliphatic heterocycles. The number of hydrogen-bond acceptors (Lipinski definition) is 3. The van der Waals surface area contributed by atoms with Crippen molar-refractivity contribution in [3.05, 3.63) is 29.3 Å². The van der Waals surface area contributed by atoms with Crippen LogP contribution in [-0.2, 0) is 4.79 Å². The van der Waals surface area contributed by atoms with E-state index in [0.717, 1.165) is 0 Å². The van der Waals surface area contributed by atoms with E-state index >= 15 is 0 Å². The molecule has 0 amide bonds. The van der Waals surface area contributed by atoms with Crippen LogP contribution in [0.15, 0.2) is 24.3 Å². The van der Waals surface area contributed by atoms with Gasteiger partial charge in [0.25, 0.3) is 0 Å². The summed E-state index contributed by atoms with van der Waals surface area (Å²) in [6.45, 7) is 1.83. The maximum absolute atomic E-state index is 11.4. The topological polar surface area (TPSA) is 52.3 Å². The number of halogens is 1. The lowest BCUT2D eigenvalue weighted by atomic mass is 10.1. The van der Waals surface area contributed by atoms with Gasteiger partial charge in [0.05, 0.1) is 11.1 Å². The highest BCUT2D eigenvalue weighted by Gasteiger charge is 2.12. The molecule has 1 aromatic carbocycles. The van der Waals surface area contributed by atoms with Crippen LogP contribution in [0.2, 0.25) is 5.02 Å². The summed E-state index contributed by atoms with van der Waals surface area (Å²) in [5.41, 5.74) is 5.56. The summed E-state index contributed by atoms with van der Waals surface area (Å²) in [5, 5.41) is 0.496. The molecule has 0 saturated carbocycles. The average Bonchev–Trinajstić information content (AvgIpc) is 2.26. The van der Waals surface area contributed by atoms with Gasteiger partial charge in [-0.1, -0.05) is 30.7 Å². The van der Waals surface area contributed by atoms with Gasteiger partial charge >= 0.3 is 0 Å². The molecule has 15 heavy (non-hydrogen) atoms. The molecule has 0 aromatic heterocycles. The fraction of sp³-hybridized carbons (Fsp3) is 0.364. The minimum Gasteiger partial charge on any atom is -0.484 e. The number of ketones is 1. The Morgan fingerprint density at radius 1 is 1.53 bits per heavy atom. The maximum Gasteiger partial charge on any atom is 0.186 e. The normalized spacial score (nSPS) is 12.2. The lowest BCUT2D eigenvalue weighted by Crippen LogP contribution is -2.33. The van der Waals surface area contributed by atoms with E-state index in [1.165, 1.54) is 0 Å². The van der Waals surface area contributed by atoms with E-state index < -0.39 is 6.04 Å². The molecule has 2 N–H and O–H groups in total. The van der Waals surface area contributed by atoms with E-state index in [1.54, 1.807) is 24.3 Å². The third kappa shape index (κ3) is 3.53. The van der Waals surface area contributed by atoms with E-state index in [9.17, 15) is 4.79 Å². The summed E-state index contributed by atoms with van der Waals surface area (Å²) in [6.07, 6.45) is 0.616. The van der Waals surface area contributed by atoms with E-state index in [-0.39, 0.29) is 12.4 Å². The van der Waals surface area contributed by atoms with Crippen LogP contribution in [0.25, 0.3) is 0 Å². The third-order valence-electron chi connectivity index (χ3n) is 2.06. The quantitative estimate of drug-likeness (QED) is 0.838. The van der Waals surface area contributed by atoms with Crippen molar-refractivity contribution >= 4 is 17.4 Å². The monoisotopic (exact) mass is 227 g/mol. The Balaban J connectivity index is 2.51. The zero-order chi connectivity index (χ0) is 11.3. The fourth-order valence-corrected chi connectivity index (χ4v) is 1.24. The van der Waals surface area contributed by atoms with Crippen molar-refractivity contribution in [3.8, 4) is 5.75 Å². The van der Waals surface area contributed by atoms with Gasteiger partial charge in [-0.05, 0) is 18.6 Å². The highest BCUT2D eigenvalue weighted by molar-refractivity contribution is 6.32. The molecule has 1 rings (SSSR count). The molecule has 3 nitrogen and oxygen atoms in total. The number of Topliss-reactive ketones (excluding diaryl/α,β-unsaturated/α-hetero) is 1. The summed E-state index contributed by atoms with van der Waals surface area (Å²) < 4.78 is 5.26. The number of carbonyl (C=O) groups excluding carboxylic acids is 1. The Labute approximate surface area is 94.2 Å². The Bertz CT molecular complexity index is 341. The van der Waals surface area contributed by atoms with Crippen LogP contribution in [0, 0.1) is 0 Å². The number of rotatable bonds is 5. The van der Waals surface area contributed by atoms with Crippen molar-refractivity contribution in [1.29, 1.82) is 0 Å². The van der Waals surface area contributed by atoms with Gasteiger partial charge in [0, 0.05) is 0 Å². The van der Waals surface area contributed by atoms with Crippen molar-refractivity contribution in [1.82, 2.24) is 0 Å². The van der Waals surface area contributed by atoms with Crippen molar-refractivity contribution in [2.75, 3.05) is 6.61 Å². The first-order chi connectivity index (χ1) is 7.15. The average molecular weight is 228 g/mol. The Kier molecular flexibility index (Phi) is 4.59. The van der Waals surface area contributed by atoms with Gasteiger partial charge in [-0.2, -0.15) is 0 Å².